The largest absolute Gasteiger partial charge is 0.495 e. The molecule has 8 heteroatoms. The van der Waals surface area contributed by atoms with Crippen LogP contribution in [0.1, 0.15) is 38.7 Å². The van der Waals surface area contributed by atoms with Gasteiger partial charge in [0.1, 0.15) is 11.5 Å². The topological polar surface area (TPSA) is 84.9 Å². The molecule has 0 unspecified atom stereocenters. The fraction of sp³-hybridized carbons (Fsp3) is 0.458. The molecule has 0 aromatic heterocycles. The lowest BCUT2D eigenvalue weighted by molar-refractivity contribution is -0.121. The third-order valence-electron chi connectivity index (χ3n) is 4.78. The van der Waals surface area contributed by atoms with Crippen molar-refractivity contribution >= 4 is 21.6 Å². The minimum Gasteiger partial charge on any atom is -0.495 e. The Kier molecular flexibility index (Phi) is 9.84. The van der Waals surface area contributed by atoms with Gasteiger partial charge in [0.05, 0.1) is 25.2 Å². The number of nitrogens with zero attached hydrogens (tertiary/aromatic N) is 1. The first-order valence-corrected chi connectivity index (χ1v) is 12.7. The highest BCUT2D eigenvalue weighted by Gasteiger charge is 2.20. The van der Waals surface area contributed by atoms with Crippen LogP contribution in [0.3, 0.4) is 0 Å². The molecule has 2 rings (SSSR count). The molecule has 0 radical (unpaired) electrons. The molecule has 0 heterocycles. The van der Waals surface area contributed by atoms with Gasteiger partial charge in [0.15, 0.2) is 0 Å². The summed E-state index contributed by atoms with van der Waals surface area (Å²) in [6.45, 7) is 4.77. The molecular weight excluding hydrogens is 428 g/mol. The van der Waals surface area contributed by atoms with E-state index in [1.165, 1.54) is 17.0 Å². The number of anilines is 1. The first-order chi connectivity index (χ1) is 15.2. The number of benzene rings is 2. The second-order valence-corrected chi connectivity index (χ2v) is 9.78. The summed E-state index contributed by atoms with van der Waals surface area (Å²) in [6, 6.07) is 14.9. The lowest BCUT2D eigenvalue weighted by atomic mass is 10.1. The van der Waals surface area contributed by atoms with Crippen molar-refractivity contribution in [2.45, 2.75) is 45.6 Å². The van der Waals surface area contributed by atoms with Gasteiger partial charge in [-0.2, -0.15) is 0 Å². The maximum Gasteiger partial charge on any atom is 0.232 e. The van der Waals surface area contributed by atoms with Crippen molar-refractivity contribution in [2.24, 2.45) is 0 Å². The fourth-order valence-electron chi connectivity index (χ4n) is 3.30. The van der Waals surface area contributed by atoms with Crippen molar-refractivity contribution in [1.82, 2.24) is 5.32 Å². The second kappa shape index (κ2) is 12.3. The Labute approximate surface area is 191 Å². The highest BCUT2D eigenvalue weighted by Crippen LogP contribution is 2.29. The highest BCUT2D eigenvalue weighted by molar-refractivity contribution is 7.92. The van der Waals surface area contributed by atoms with Gasteiger partial charge in [-0.1, -0.05) is 24.3 Å². The summed E-state index contributed by atoms with van der Waals surface area (Å²) in [5, 5.41) is 2.91. The zero-order chi connectivity index (χ0) is 23.6. The maximum atomic E-state index is 12.3. The van der Waals surface area contributed by atoms with Gasteiger partial charge in [-0.3, -0.25) is 9.10 Å². The second-order valence-electron chi connectivity index (χ2n) is 7.87. The standard InChI is InChI=1S/C24H34N2O5S/c1-19(2)31-21-15-13-20(14-16-21)9-7-17-25-24(27)12-8-18-26(32(4,28)29)22-10-5-6-11-23(22)30-3/h5-6,10-11,13-16,19H,7-9,12,17-18H2,1-4H3,(H,25,27). The zero-order valence-electron chi connectivity index (χ0n) is 19.3. The number of para-hydroxylation sites is 2. The van der Waals surface area contributed by atoms with E-state index in [2.05, 4.69) is 5.32 Å². The first kappa shape index (κ1) is 25.5. The molecule has 0 spiro atoms. The molecule has 0 saturated heterocycles. The van der Waals surface area contributed by atoms with Crippen LogP contribution >= 0.6 is 0 Å². The Morgan fingerprint density at radius 2 is 1.75 bits per heavy atom. The van der Waals surface area contributed by atoms with E-state index in [4.69, 9.17) is 9.47 Å². The van der Waals surface area contributed by atoms with E-state index in [0.717, 1.165) is 24.8 Å². The molecule has 0 bridgehead atoms. The smallest absolute Gasteiger partial charge is 0.232 e. The van der Waals surface area contributed by atoms with Crippen LogP contribution in [0.25, 0.3) is 0 Å². The van der Waals surface area contributed by atoms with E-state index < -0.39 is 10.0 Å². The van der Waals surface area contributed by atoms with Crippen LogP contribution in [0, 0.1) is 0 Å². The SMILES string of the molecule is COc1ccccc1N(CCCC(=O)NCCCc1ccc(OC(C)C)cc1)S(C)(=O)=O. The number of aryl methyl sites for hydroxylation is 1. The lowest BCUT2D eigenvalue weighted by Gasteiger charge is -2.24. The molecule has 0 aliphatic heterocycles. The Morgan fingerprint density at radius 1 is 1.06 bits per heavy atom. The van der Waals surface area contributed by atoms with E-state index in [0.29, 0.717) is 24.4 Å². The van der Waals surface area contributed by atoms with Gasteiger partial charge in [-0.15, -0.1) is 0 Å². The Balaban J connectivity index is 1.75. The number of nitrogens with one attached hydrogen (secondary N) is 1. The normalized spacial score (nSPS) is 11.3. The summed E-state index contributed by atoms with van der Waals surface area (Å²) >= 11 is 0. The highest BCUT2D eigenvalue weighted by atomic mass is 32.2. The summed E-state index contributed by atoms with van der Waals surface area (Å²) in [7, 11) is -2.00. The van der Waals surface area contributed by atoms with E-state index in [9.17, 15) is 13.2 Å². The molecule has 176 valence electrons. The van der Waals surface area contributed by atoms with Crippen LogP contribution in [0.5, 0.6) is 11.5 Å². The van der Waals surface area contributed by atoms with Gasteiger partial charge >= 0.3 is 0 Å². The lowest BCUT2D eigenvalue weighted by Crippen LogP contribution is -2.32. The van der Waals surface area contributed by atoms with Gasteiger partial charge in [-0.05, 0) is 62.9 Å². The number of ether oxygens (including phenoxy) is 2. The van der Waals surface area contributed by atoms with Crippen molar-refractivity contribution in [3.8, 4) is 11.5 Å². The molecule has 1 amide bonds. The molecule has 32 heavy (non-hydrogen) atoms. The first-order valence-electron chi connectivity index (χ1n) is 10.8. The van der Waals surface area contributed by atoms with Crippen LogP contribution < -0.4 is 19.1 Å². The number of hydrogen-bond donors (Lipinski definition) is 1. The molecule has 2 aromatic rings. The number of amides is 1. The molecule has 7 nitrogen and oxygen atoms in total. The molecular formula is C24H34N2O5S. The van der Waals surface area contributed by atoms with Crippen LogP contribution in [-0.2, 0) is 21.2 Å². The van der Waals surface area contributed by atoms with E-state index in [1.54, 1.807) is 24.3 Å². The molecule has 0 atom stereocenters. The van der Waals surface area contributed by atoms with Crippen LogP contribution in [0.4, 0.5) is 5.69 Å². The Bertz CT molecular complexity index is 959. The van der Waals surface area contributed by atoms with Crippen LogP contribution in [0.2, 0.25) is 0 Å². The fourth-order valence-corrected chi connectivity index (χ4v) is 4.27. The monoisotopic (exact) mass is 462 g/mol. The van der Waals surface area contributed by atoms with Crippen molar-refractivity contribution < 1.29 is 22.7 Å². The number of carbonyl (C=O) groups is 1. The third-order valence-corrected chi connectivity index (χ3v) is 5.96. The van der Waals surface area contributed by atoms with Crippen molar-refractivity contribution in [3.63, 3.8) is 0 Å². The number of sulfonamides is 1. The maximum absolute atomic E-state index is 12.3. The van der Waals surface area contributed by atoms with Crippen molar-refractivity contribution in [3.05, 3.63) is 54.1 Å². The predicted octanol–water partition coefficient (Wildman–Crippen LogP) is 3.78. The summed E-state index contributed by atoms with van der Waals surface area (Å²) in [6.07, 6.45) is 3.65. The Morgan fingerprint density at radius 3 is 2.38 bits per heavy atom. The molecule has 0 fully saturated rings. The van der Waals surface area contributed by atoms with Gasteiger partial charge in [0.2, 0.25) is 15.9 Å². The van der Waals surface area contributed by atoms with Gasteiger partial charge in [0, 0.05) is 19.5 Å². The summed E-state index contributed by atoms with van der Waals surface area (Å²) in [5.74, 6) is 1.25. The number of hydrogen-bond acceptors (Lipinski definition) is 5. The van der Waals surface area contributed by atoms with E-state index >= 15 is 0 Å². The van der Waals surface area contributed by atoms with E-state index in [-0.39, 0.29) is 25.0 Å². The summed E-state index contributed by atoms with van der Waals surface area (Å²) < 4.78 is 36.7. The minimum absolute atomic E-state index is 0.0841. The number of rotatable bonds is 13. The molecule has 0 aliphatic carbocycles. The molecule has 0 aliphatic rings. The number of methoxy groups -OCH3 is 1. The quantitative estimate of drug-likeness (QED) is 0.458. The van der Waals surface area contributed by atoms with Crippen LogP contribution in [0.15, 0.2) is 48.5 Å². The van der Waals surface area contributed by atoms with Gasteiger partial charge in [0.25, 0.3) is 0 Å². The van der Waals surface area contributed by atoms with Gasteiger partial charge in [-0.25, -0.2) is 8.42 Å². The average Bonchev–Trinajstić information content (AvgIpc) is 2.74. The molecule has 2 aromatic carbocycles. The minimum atomic E-state index is -3.50. The Hall–Kier alpha value is -2.74. The zero-order valence-corrected chi connectivity index (χ0v) is 20.2. The van der Waals surface area contributed by atoms with Crippen molar-refractivity contribution in [2.75, 3.05) is 30.8 Å². The van der Waals surface area contributed by atoms with Gasteiger partial charge < -0.3 is 14.8 Å². The van der Waals surface area contributed by atoms with Crippen molar-refractivity contribution in [1.29, 1.82) is 0 Å². The summed E-state index contributed by atoms with van der Waals surface area (Å²) in [5.41, 5.74) is 1.67. The van der Waals surface area contributed by atoms with E-state index in [1.807, 2.05) is 38.1 Å². The molecule has 1 N–H and O–H groups in total. The molecule has 0 saturated carbocycles. The summed E-state index contributed by atoms with van der Waals surface area (Å²) in [4.78, 5) is 12.2. The number of carbonyl (C=O) groups excluding carboxylic acids is 1. The predicted molar refractivity (Wildman–Crippen MR) is 128 cm³/mol. The average molecular weight is 463 g/mol. The van der Waals surface area contributed by atoms with Crippen LogP contribution in [-0.4, -0.2) is 46.9 Å². The third kappa shape index (κ3) is 8.42.